The van der Waals surface area contributed by atoms with Crippen LogP contribution in [0.15, 0.2) is 30.6 Å². The summed E-state index contributed by atoms with van der Waals surface area (Å²) in [5, 5.41) is 10.5. The van der Waals surface area contributed by atoms with Gasteiger partial charge in [0, 0.05) is 25.7 Å². The summed E-state index contributed by atoms with van der Waals surface area (Å²) in [4.78, 5) is 30.1. The largest absolute Gasteiger partial charge is 0.315 e. The molecule has 2 N–H and O–H groups in total. The van der Waals surface area contributed by atoms with Crippen LogP contribution in [0, 0.1) is 0 Å². The van der Waals surface area contributed by atoms with Gasteiger partial charge < -0.3 is 15.5 Å². The monoisotopic (exact) mass is 390 g/mol. The molecule has 9 heteroatoms. The van der Waals surface area contributed by atoms with E-state index in [9.17, 15) is 9.59 Å². The SMILES string of the molecule is Cl.O=C(Nc1ccc(N2CCCC2=O)cn1)c1ccn(C2CCCNC2)n1. The van der Waals surface area contributed by atoms with Gasteiger partial charge in [0.05, 0.1) is 17.9 Å². The quantitative estimate of drug-likeness (QED) is 0.833. The molecule has 0 radical (unpaired) electrons. The van der Waals surface area contributed by atoms with E-state index in [0.717, 1.165) is 44.6 Å². The highest BCUT2D eigenvalue weighted by atomic mass is 35.5. The van der Waals surface area contributed by atoms with E-state index < -0.39 is 0 Å². The molecule has 144 valence electrons. The van der Waals surface area contributed by atoms with Gasteiger partial charge >= 0.3 is 0 Å². The molecule has 1 unspecified atom stereocenters. The van der Waals surface area contributed by atoms with Gasteiger partial charge in [-0.1, -0.05) is 0 Å². The Bertz CT molecular complexity index is 800. The smallest absolute Gasteiger partial charge is 0.277 e. The third-order valence-corrected chi connectivity index (χ3v) is 4.86. The van der Waals surface area contributed by atoms with Crippen molar-refractivity contribution >= 4 is 35.7 Å². The number of anilines is 2. The highest BCUT2D eigenvalue weighted by molar-refractivity contribution is 6.02. The molecule has 8 nitrogen and oxygen atoms in total. The number of hydrogen-bond acceptors (Lipinski definition) is 5. The number of piperidine rings is 1. The fraction of sp³-hybridized carbons (Fsp3) is 0.444. The molecule has 0 bridgehead atoms. The molecule has 2 aromatic rings. The predicted octanol–water partition coefficient (Wildman–Crippen LogP) is 2.00. The van der Waals surface area contributed by atoms with E-state index in [1.54, 1.807) is 29.3 Å². The molecule has 2 aliphatic heterocycles. The predicted molar refractivity (Wildman–Crippen MR) is 104 cm³/mol. The minimum Gasteiger partial charge on any atom is -0.315 e. The van der Waals surface area contributed by atoms with Gasteiger partial charge in [-0.05, 0) is 44.0 Å². The Hall–Kier alpha value is -2.45. The standard InChI is InChI=1S/C18H22N6O2.ClH/c25-17-4-2-9-23(17)13-5-6-16(20-12-13)21-18(26)15-7-10-24(22-15)14-3-1-8-19-11-14;/h5-7,10,12,14,19H,1-4,8-9,11H2,(H,20,21,26);1H. The molecular formula is C18H23ClN6O2. The molecule has 2 fully saturated rings. The fourth-order valence-electron chi connectivity index (χ4n) is 3.44. The minimum atomic E-state index is -0.287. The first-order valence-corrected chi connectivity index (χ1v) is 9.04. The number of pyridine rings is 1. The first-order valence-electron chi connectivity index (χ1n) is 9.04. The van der Waals surface area contributed by atoms with Crippen molar-refractivity contribution in [3.63, 3.8) is 0 Å². The molecule has 0 spiro atoms. The van der Waals surface area contributed by atoms with Crippen molar-refractivity contribution in [2.75, 3.05) is 29.9 Å². The Morgan fingerprint density at radius 3 is 2.81 bits per heavy atom. The van der Waals surface area contributed by atoms with E-state index in [-0.39, 0.29) is 24.2 Å². The van der Waals surface area contributed by atoms with E-state index in [0.29, 0.717) is 24.0 Å². The van der Waals surface area contributed by atoms with Crippen LogP contribution in [0.3, 0.4) is 0 Å². The normalized spacial score (nSPS) is 19.6. The van der Waals surface area contributed by atoms with Crippen molar-refractivity contribution in [1.82, 2.24) is 20.1 Å². The van der Waals surface area contributed by atoms with Gasteiger partial charge in [-0.3, -0.25) is 14.3 Å². The highest BCUT2D eigenvalue weighted by Crippen LogP contribution is 2.21. The molecule has 27 heavy (non-hydrogen) atoms. The van der Waals surface area contributed by atoms with Gasteiger partial charge in [0.2, 0.25) is 5.91 Å². The summed E-state index contributed by atoms with van der Waals surface area (Å²) in [6.45, 7) is 2.64. The van der Waals surface area contributed by atoms with Crippen LogP contribution in [0.4, 0.5) is 11.5 Å². The summed E-state index contributed by atoms with van der Waals surface area (Å²) in [5.41, 5.74) is 1.13. The zero-order chi connectivity index (χ0) is 17.9. The Labute approximate surface area is 163 Å². The fourth-order valence-corrected chi connectivity index (χ4v) is 3.44. The second-order valence-corrected chi connectivity index (χ2v) is 6.69. The topological polar surface area (TPSA) is 92.2 Å². The second kappa shape index (κ2) is 8.49. The third kappa shape index (κ3) is 4.28. The van der Waals surface area contributed by atoms with Gasteiger partial charge in [-0.2, -0.15) is 5.10 Å². The summed E-state index contributed by atoms with van der Waals surface area (Å²) < 4.78 is 1.86. The molecule has 4 rings (SSSR count). The van der Waals surface area contributed by atoms with E-state index >= 15 is 0 Å². The van der Waals surface area contributed by atoms with Crippen LogP contribution in [0.1, 0.15) is 42.2 Å². The number of carbonyl (C=O) groups is 2. The second-order valence-electron chi connectivity index (χ2n) is 6.69. The average Bonchev–Trinajstić information content (AvgIpc) is 3.32. The number of aromatic nitrogens is 3. The lowest BCUT2D eigenvalue weighted by molar-refractivity contribution is -0.117. The number of hydrogen-bond donors (Lipinski definition) is 2. The van der Waals surface area contributed by atoms with Crippen molar-refractivity contribution < 1.29 is 9.59 Å². The van der Waals surface area contributed by atoms with Crippen molar-refractivity contribution in [1.29, 1.82) is 0 Å². The molecule has 0 aromatic carbocycles. The van der Waals surface area contributed by atoms with Crippen LogP contribution < -0.4 is 15.5 Å². The van der Waals surface area contributed by atoms with Gasteiger partial charge in [0.25, 0.3) is 5.91 Å². The van der Waals surface area contributed by atoms with Crippen LogP contribution in [-0.2, 0) is 4.79 Å². The summed E-state index contributed by atoms with van der Waals surface area (Å²) in [6, 6.07) is 5.53. The van der Waals surface area contributed by atoms with Gasteiger partial charge in [-0.25, -0.2) is 4.98 Å². The number of halogens is 1. The lowest BCUT2D eigenvalue weighted by atomic mass is 10.1. The Kier molecular flexibility index (Phi) is 6.08. The van der Waals surface area contributed by atoms with Crippen molar-refractivity contribution in [2.24, 2.45) is 0 Å². The number of amides is 2. The maximum Gasteiger partial charge on any atom is 0.277 e. The Morgan fingerprint density at radius 1 is 1.26 bits per heavy atom. The van der Waals surface area contributed by atoms with Gasteiger partial charge in [0.1, 0.15) is 5.82 Å². The van der Waals surface area contributed by atoms with E-state index in [2.05, 4.69) is 20.7 Å². The Balaban J connectivity index is 0.00000210. The lowest BCUT2D eigenvalue weighted by Crippen LogP contribution is -2.32. The zero-order valence-corrected chi connectivity index (χ0v) is 15.7. The maximum absolute atomic E-state index is 12.4. The molecule has 0 aliphatic carbocycles. The first kappa shape index (κ1) is 19.3. The van der Waals surface area contributed by atoms with Gasteiger partial charge in [-0.15, -0.1) is 12.4 Å². The number of nitrogens with one attached hydrogen (secondary N) is 2. The summed E-state index contributed by atoms with van der Waals surface area (Å²) >= 11 is 0. The first-order chi connectivity index (χ1) is 12.7. The molecular weight excluding hydrogens is 368 g/mol. The van der Waals surface area contributed by atoms with E-state index in [4.69, 9.17) is 0 Å². The van der Waals surface area contributed by atoms with Gasteiger partial charge in [0.15, 0.2) is 5.69 Å². The van der Waals surface area contributed by atoms with Crippen molar-refractivity contribution in [3.05, 3.63) is 36.3 Å². The van der Waals surface area contributed by atoms with Crippen molar-refractivity contribution in [2.45, 2.75) is 31.7 Å². The number of carbonyl (C=O) groups excluding carboxylic acids is 2. The molecule has 2 amide bonds. The van der Waals surface area contributed by atoms with E-state index in [1.165, 1.54) is 0 Å². The lowest BCUT2D eigenvalue weighted by Gasteiger charge is -2.22. The molecule has 1 atom stereocenters. The van der Waals surface area contributed by atoms with Crippen LogP contribution >= 0.6 is 12.4 Å². The molecule has 4 heterocycles. The average molecular weight is 391 g/mol. The van der Waals surface area contributed by atoms with Crippen LogP contribution in [0.25, 0.3) is 0 Å². The van der Waals surface area contributed by atoms with Crippen LogP contribution in [0.5, 0.6) is 0 Å². The zero-order valence-electron chi connectivity index (χ0n) is 14.9. The molecule has 2 aliphatic rings. The molecule has 2 saturated heterocycles. The number of nitrogens with zero attached hydrogens (tertiary/aromatic N) is 4. The molecule has 2 aromatic heterocycles. The molecule has 0 saturated carbocycles. The summed E-state index contributed by atoms with van der Waals surface area (Å²) in [5.74, 6) is 0.274. The van der Waals surface area contributed by atoms with Crippen LogP contribution in [0.2, 0.25) is 0 Å². The summed E-state index contributed by atoms with van der Waals surface area (Å²) in [6.07, 6.45) is 7.09. The van der Waals surface area contributed by atoms with Crippen molar-refractivity contribution in [3.8, 4) is 0 Å². The number of rotatable bonds is 4. The van der Waals surface area contributed by atoms with Crippen LogP contribution in [-0.4, -0.2) is 46.2 Å². The maximum atomic E-state index is 12.4. The highest BCUT2D eigenvalue weighted by Gasteiger charge is 2.22. The summed E-state index contributed by atoms with van der Waals surface area (Å²) in [7, 11) is 0. The van der Waals surface area contributed by atoms with E-state index in [1.807, 2.05) is 10.9 Å². The minimum absolute atomic E-state index is 0. The third-order valence-electron chi connectivity index (χ3n) is 4.86. The Morgan fingerprint density at radius 2 is 2.15 bits per heavy atom.